The first kappa shape index (κ1) is 17.8. The van der Waals surface area contributed by atoms with Crippen LogP contribution in [0.15, 0.2) is 24.3 Å². The van der Waals surface area contributed by atoms with Crippen molar-refractivity contribution in [3.05, 3.63) is 29.8 Å². The molecule has 0 aliphatic rings. The number of hydrogen-bond acceptors (Lipinski definition) is 3. The molecule has 1 atom stereocenters. The van der Waals surface area contributed by atoms with E-state index in [0.29, 0.717) is 12.8 Å². The molecule has 0 radical (unpaired) electrons. The lowest BCUT2D eigenvalue weighted by molar-refractivity contribution is -0.274. The number of aliphatic carboxylic acids is 1. The molecule has 122 valence electrons. The SMILES string of the molecule is CCCC(CNC(=O)c1cccc(OC(F)(F)F)c1)C(=O)O. The van der Waals surface area contributed by atoms with Gasteiger partial charge in [-0.2, -0.15) is 0 Å². The third kappa shape index (κ3) is 6.02. The largest absolute Gasteiger partial charge is 0.573 e. The number of alkyl halides is 3. The summed E-state index contributed by atoms with van der Waals surface area (Å²) in [6.45, 7) is 1.72. The fourth-order valence-electron chi connectivity index (χ4n) is 1.81. The van der Waals surface area contributed by atoms with Gasteiger partial charge >= 0.3 is 12.3 Å². The minimum Gasteiger partial charge on any atom is -0.481 e. The number of halogens is 3. The molecule has 0 fully saturated rings. The summed E-state index contributed by atoms with van der Waals surface area (Å²) < 4.78 is 40.1. The number of benzene rings is 1. The van der Waals surface area contributed by atoms with Crippen LogP contribution in [0.2, 0.25) is 0 Å². The number of carboxylic acids is 1. The quantitative estimate of drug-likeness (QED) is 0.810. The van der Waals surface area contributed by atoms with Gasteiger partial charge in [0.25, 0.3) is 5.91 Å². The molecular weight excluding hydrogens is 303 g/mol. The fourth-order valence-corrected chi connectivity index (χ4v) is 1.81. The van der Waals surface area contributed by atoms with E-state index >= 15 is 0 Å². The van der Waals surface area contributed by atoms with Crippen molar-refractivity contribution in [2.45, 2.75) is 26.1 Å². The first-order chi connectivity index (χ1) is 10.2. The molecule has 1 aromatic rings. The Bertz CT molecular complexity index is 531. The van der Waals surface area contributed by atoms with E-state index in [4.69, 9.17) is 5.11 Å². The van der Waals surface area contributed by atoms with Crippen LogP contribution in [0.5, 0.6) is 5.75 Å². The molecule has 8 heteroatoms. The van der Waals surface area contributed by atoms with Gasteiger partial charge in [-0.3, -0.25) is 9.59 Å². The van der Waals surface area contributed by atoms with E-state index in [2.05, 4.69) is 10.1 Å². The van der Waals surface area contributed by atoms with E-state index in [1.54, 1.807) is 0 Å². The highest BCUT2D eigenvalue weighted by Crippen LogP contribution is 2.23. The Kier molecular flexibility index (Phi) is 6.21. The second-order valence-corrected chi connectivity index (χ2v) is 4.61. The number of carbonyl (C=O) groups excluding carboxylic acids is 1. The molecule has 5 nitrogen and oxygen atoms in total. The van der Waals surface area contributed by atoms with Crippen LogP contribution in [-0.2, 0) is 4.79 Å². The zero-order valence-electron chi connectivity index (χ0n) is 11.8. The highest BCUT2D eigenvalue weighted by atomic mass is 19.4. The van der Waals surface area contributed by atoms with Crippen LogP contribution < -0.4 is 10.1 Å². The lowest BCUT2D eigenvalue weighted by Crippen LogP contribution is -2.33. The van der Waals surface area contributed by atoms with Crippen LogP contribution in [0.4, 0.5) is 13.2 Å². The summed E-state index contributed by atoms with van der Waals surface area (Å²) in [6, 6.07) is 4.57. The molecule has 0 bridgehead atoms. The molecule has 0 aromatic heterocycles. The predicted octanol–water partition coefficient (Wildman–Crippen LogP) is 2.82. The third-order valence-electron chi connectivity index (χ3n) is 2.83. The Hall–Kier alpha value is -2.25. The van der Waals surface area contributed by atoms with Crippen molar-refractivity contribution in [2.75, 3.05) is 6.54 Å². The molecular formula is C14H16F3NO4. The predicted molar refractivity (Wildman–Crippen MR) is 71.5 cm³/mol. The number of carboxylic acid groups (broad SMARTS) is 1. The Morgan fingerprint density at radius 2 is 2.05 bits per heavy atom. The molecule has 2 N–H and O–H groups in total. The normalized spacial score (nSPS) is 12.5. The molecule has 0 heterocycles. The van der Waals surface area contributed by atoms with Crippen molar-refractivity contribution in [3.8, 4) is 5.75 Å². The molecule has 1 unspecified atom stereocenters. The van der Waals surface area contributed by atoms with Crippen molar-refractivity contribution in [2.24, 2.45) is 5.92 Å². The second-order valence-electron chi connectivity index (χ2n) is 4.61. The van der Waals surface area contributed by atoms with E-state index < -0.39 is 29.9 Å². The summed E-state index contributed by atoms with van der Waals surface area (Å²) >= 11 is 0. The highest BCUT2D eigenvalue weighted by Gasteiger charge is 2.31. The van der Waals surface area contributed by atoms with Gasteiger partial charge in [-0.05, 0) is 24.6 Å². The summed E-state index contributed by atoms with van der Waals surface area (Å²) in [6.07, 6.45) is -3.81. The Labute approximate surface area is 125 Å². The molecule has 1 amide bonds. The van der Waals surface area contributed by atoms with Gasteiger partial charge in [0, 0.05) is 12.1 Å². The molecule has 0 aliphatic heterocycles. The lowest BCUT2D eigenvalue weighted by atomic mass is 10.0. The molecule has 1 aromatic carbocycles. The van der Waals surface area contributed by atoms with Gasteiger partial charge in [0.2, 0.25) is 0 Å². The monoisotopic (exact) mass is 319 g/mol. The average molecular weight is 319 g/mol. The van der Waals surface area contributed by atoms with Gasteiger partial charge in [-0.1, -0.05) is 19.4 Å². The third-order valence-corrected chi connectivity index (χ3v) is 2.83. The van der Waals surface area contributed by atoms with Crippen molar-refractivity contribution >= 4 is 11.9 Å². The standard InChI is InChI=1S/C14H16F3NO4/c1-2-4-10(13(20)21)8-18-12(19)9-5-3-6-11(7-9)22-14(15,16)17/h3,5-7,10H,2,4,8H2,1H3,(H,18,19)(H,20,21). The fraction of sp³-hybridized carbons (Fsp3) is 0.429. The molecule has 0 saturated carbocycles. The zero-order valence-corrected chi connectivity index (χ0v) is 11.8. The Balaban J connectivity index is 2.69. The maximum absolute atomic E-state index is 12.1. The topological polar surface area (TPSA) is 75.6 Å². The van der Waals surface area contributed by atoms with Crippen LogP contribution in [-0.4, -0.2) is 29.9 Å². The van der Waals surface area contributed by atoms with Crippen molar-refractivity contribution in [1.82, 2.24) is 5.32 Å². The Morgan fingerprint density at radius 3 is 2.59 bits per heavy atom. The van der Waals surface area contributed by atoms with Gasteiger partial charge in [0.1, 0.15) is 5.75 Å². The van der Waals surface area contributed by atoms with Crippen LogP contribution in [0, 0.1) is 5.92 Å². The smallest absolute Gasteiger partial charge is 0.481 e. The van der Waals surface area contributed by atoms with E-state index in [1.807, 2.05) is 6.92 Å². The minimum absolute atomic E-state index is 0.0395. The van der Waals surface area contributed by atoms with E-state index in [1.165, 1.54) is 12.1 Å². The van der Waals surface area contributed by atoms with Crippen LogP contribution >= 0.6 is 0 Å². The maximum atomic E-state index is 12.1. The van der Waals surface area contributed by atoms with Crippen LogP contribution in [0.1, 0.15) is 30.1 Å². The van der Waals surface area contributed by atoms with Crippen molar-refractivity contribution in [1.29, 1.82) is 0 Å². The van der Waals surface area contributed by atoms with Crippen molar-refractivity contribution in [3.63, 3.8) is 0 Å². The first-order valence-electron chi connectivity index (χ1n) is 6.59. The number of nitrogens with one attached hydrogen (secondary N) is 1. The minimum atomic E-state index is -4.84. The van der Waals surface area contributed by atoms with Gasteiger partial charge in [0.05, 0.1) is 5.92 Å². The van der Waals surface area contributed by atoms with Gasteiger partial charge < -0.3 is 15.2 Å². The average Bonchev–Trinajstić information content (AvgIpc) is 2.41. The number of ether oxygens (including phenoxy) is 1. The van der Waals surface area contributed by atoms with Gasteiger partial charge in [-0.25, -0.2) is 0 Å². The van der Waals surface area contributed by atoms with Gasteiger partial charge in [-0.15, -0.1) is 13.2 Å². The van der Waals surface area contributed by atoms with E-state index in [9.17, 15) is 22.8 Å². The second kappa shape index (κ2) is 7.67. The lowest BCUT2D eigenvalue weighted by Gasteiger charge is -2.13. The summed E-state index contributed by atoms with van der Waals surface area (Å²) in [5.41, 5.74) is -0.0395. The zero-order chi connectivity index (χ0) is 16.8. The molecule has 0 saturated heterocycles. The summed E-state index contributed by atoms with van der Waals surface area (Å²) in [4.78, 5) is 22.8. The molecule has 1 rings (SSSR count). The summed E-state index contributed by atoms with van der Waals surface area (Å²) in [5.74, 6) is -2.93. The number of amides is 1. The number of rotatable bonds is 7. The van der Waals surface area contributed by atoms with Crippen molar-refractivity contribution < 1.29 is 32.6 Å². The highest BCUT2D eigenvalue weighted by molar-refractivity contribution is 5.94. The molecule has 22 heavy (non-hydrogen) atoms. The first-order valence-corrected chi connectivity index (χ1v) is 6.59. The summed E-state index contributed by atoms with van der Waals surface area (Å²) in [7, 11) is 0. The maximum Gasteiger partial charge on any atom is 0.573 e. The number of hydrogen-bond donors (Lipinski definition) is 2. The van der Waals surface area contributed by atoms with Crippen LogP contribution in [0.3, 0.4) is 0 Å². The Morgan fingerprint density at radius 1 is 1.36 bits per heavy atom. The van der Waals surface area contributed by atoms with Gasteiger partial charge in [0.15, 0.2) is 0 Å². The number of carbonyl (C=O) groups is 2. The van der Waals surface area contributed by atoms with E-state index in [0.717, 1.165) is 12.1 Å². The summed E-state index contributed by atoms with van der Waals surface area (Å²) in [5, 5.41) is 11.4. The van der Waals surface area contributed by atoms with Crippen LogP contribution in [0.25, 0.3) is 0 Å². The van der Waals surface area contributed by atoms with E-state index in [-0.39, 0.29) is 12.1 Å². The molecule has 0 aliphatic carbocycles. The molecule has 0 spiro atoms.